The van der Waals surface area contributed by atoms with E-state index in [1.54, 1.807) is 30.3 Å². The Morgan fingerprint density at radius 1 is 1.07 bits per heavy atom. The molecular weight excluding hydrogens is 390 g/mol. The van der Waals surface area contributed by atoms with Crippen molar-refractivity contribution in [2.45, 2.75) is 13.8 Å². The SMILES string of the molecule is Cc1cc(C)c2oc(-c3ccccc3Cl)c(OC(=O)c3ccncc3)c(=O)c2c1. The largest absolute Gasteiger partial charge is 0.452 e. The van der Waals surface area contributed by atoms with Crippen LogP contribution in [0, 0.1) is 13.8 Å². The molecule has 0 bridgehead atoms. The number of halogens is 1. The highest BCUT2D eigenvalue weighted by Crippen LogP contribution is 2.36. The van der Waals surface area contributed by atoms with Gasteiger partial charge < -0.3 is 9.15 Å². The maximum atomic E-state index is 13.3. The number of benzene rings is 2. The quantitative estimate of drug-likeness (QED) is 0.430. The number of nitrogens with zero attached hydrogens (tertiary/aromatic N) is 1. The van der Waals surface area contributed by atoms with Gasteiger partial charge in [0.25, 0.3) is 0 Å². The van der Waals surface area contributed by atoms with Crippen molar-refractivity contribution in [2.75, 3.05) is 0 Å². The number of aryl methyl sites for hydroxylation is 2. The Balaban J connectivity index is 1.99. The topological polar surface area (TPSA) is 69.4 Å². The van der Waals surface area contributed by atoms with Crippen LogP contribution in [0.25, 0.3) is 22.3 Å². The van der Waals surface area contributed by atoms with Gasteiger partial charge in [-0.25, -0.2) is 4.79 Å². The standard InChI is InChI=1S/C23H16ClNO4/c1-13-11-14(2)20-17(12-13)19(26)22(29-23(27)15-7-9-25-10-8-15)21(28-20)16-5-3-4-6-18(16)24/h3-12H,1-2H3. The summed E-state index contributed by atoms with van der Waals surface area (Å²) < 4.78 is 11.6. The molecule has 0 N–H and O–H groups in total. The summed E-state index contributed by atoms with van der Waals surface area (Å²) in [5.41, 5.74) is 2.43. The lowest BCUT2D eigenvalue weighted by molar-refractivity contribution is 0.0731. The van der Waals surface area contributed by atoms with Crippen molar-refractivity contribution >= 4 is 28.5 Å². The number of carbonyl (C=O) groups is 1. The van der Waals surface area contributed by atoms with Crippen LogP contribution in [-0.2, 0) is 0 Å². The normalized spacial score (nSPS) is 10.9. The molecule has 2 aromatic heterocycles. The number of ether oxygens (including phenoxy) is 1. The first-order valence-corrected chi connectivity index (χ1v) is 9.28. The molecule has 144 valence electrons. The Labute approximate surface area is 171 Å². The van der Waals surface area contributed by atoms with Gasteiger partial charge in [-0.1, -0.05) is 29.8 Å². The Morgan fingerprint density at radius 3 is 2.52 bits per heavy atom. The lowest BCUT2D eigenvalue weighted by Gasteiger charge is -2.13. The zero-order valence-corrected chi connectivity index (χ0v) is 16.5. The zero-order valence-electron chi connectivity index (χ0n) is 15.7. The molecular formula is C23H16ClNO4. The molecule has 0 aliphatic rings. The Bertz CT molecular complexity index is 1300. The number of rotatable bonds is 3. The smallest absolute Gasteiger partial charge is 0.343 e. The van der Waals surface area contributed by atoms with Gasteiger partial charge in [-0.2, -0.15) is 0 Å². The van der Waals surface area contributed by atoms with Crippen molar-refractivity contribution in [1.82, 2.24) is 4.98 Å². The molecule has 0 saturated carbocycles. The van der Waals surface area contributed by atoms with Gasteiger partial charge in [0.1, 0.15) is 5.58 Å². The molecule has 0 aliphatic carbocycles. The monoisotopic (exact) mass is 405 g/mol. The van der Waals surface area contributed by atoms with Crippen LogP contribution in [0.15, 0.2) is 70.1 Å². The van der Waals surface area contributed by atoms with E-state index >= 15 is 0 Å². The predicted molar refractivity (Wildman–Crippen MR) is 112 cm³/mol. The van der Waals surface area contributed by atoms with Crippen molar-refractivity contribution in [2.24, 2.45) is 0 Å². The first-order valence-electron chi connectivity index (χ1n) is 8.91. The van der Waals surface area contributed by atoms with Gasteiger partial charge in [0.05, 0.1) is 16.0 Å². The van der Waals surface area contributed by atoms with E-state index in [-0.39, 0.29) is 17.1 Å². The minimum absolute atomic E-state index is 0.113. The summed E-state index contributed by atoms with van der Waals surface area (Å²) in [7, 11) is 0. The molecule has 0 amide bonds. The third-order valence-corrected chi connectivity index (χ3v) is 4.84. The van der Waals surface area contributed by atoms with Gasteiger partial charge in [-0.3, -0.25) is 9.78 Å². The fourth-order valence-corrected chi connectivity index (χ4v) is 3.41. The molecule has 4 rings (SSSR count). The van der Waals surface area contributed by atoms with E-state index in [9.17, 15) is 9.59 Å². The van der Waals surface area contributed by atoms with Gasteiger partial charge in [-0.05, 0) is 55.3 Å². The van der Waals surface area contributed by atoms with Gasteiger partial charge in [0.2, 0.25) is 11.2 Å². The lowest BCUT2D eigenvalue weighted by Crippen LogP contribution is -2.16. The van der Waals surface area contributed by atoms with Crippen molar-refractivity contribution < 1.29 is 13.9 Å². The highest BCUT2D eigenvalue weighted by Gasteiger charge is 2.23. The van der Waals surface area contributed by atoms with Gasteiger partial charge >= 0.3 is 5.97 Å². The number of carbonyl (C=O) groups excluding carboxylic acids is 1. The van der Waals surface area contributed by atoms with E-state index in [4.69, 9.17) is 20.8 Å². The summed E-state index contributed by atoms with van der Waals surface area (Å²) in [4.78, 5) is 29.8. The molecule has 0 fully saturated rings. The minimum atomic E-state index is -0.684. The van der Waals surface area contributed by atoms with Crippen LogP contribution in [0.5, 0.6) is 5.75 Å². The Kier molecular flexibility index (Phi) is 4.91. The van der Waals surface area contributed by atoms with Crippen LogP contribution in [-0.4, -0.2) is 11.0 Å². The maximum absolute atomic E-state index is 13.3. The third-order valence-electron chi connectivity index (χ3n) is 4.51. The number of hydrogen-bond donors (Lipinski definition) is 0. The second-order valence-corrected chi connectivity index (χ2v) is 7.06. The van der Waals surface area contributed by atoms with E-state index in [0.717, 1.165) is 11.1 Å². The number of pyridine rings is 1. The third kappa shape index (κ3) is 3.52. The molecule has 5 nitrogen and oxygen atoms in total. The number of esters is 1. The average Bonchev–Trinajstić information content (AvgIpc) is 2.71. The van der Waals surface area contributed by atoms with Crippen LogP contribution < -0.4 is 10.2 Å². The molecule has 2 heterocycles. The van der Waals surface area contributed by atoms with Crippen molar-refractivity contribution in [3.63, 3.8) is 0 Å². The number of hydrogen-bond acceptors (Lipinski definition) is 5. The molecule has 29 heavy (non-hydrogen) atoms. The molecule has 0 spiro atoms. The van der Waals surface area contributed by atoms with Crippen LogP contribution in [0.2, 0.25) is 5.02 Å². The molecule has 2 aromatic carbocycles. The fourth-order valence-electron chi connectivity index (χ4n) is 3.19. The van der Waals surface area contributed by atoms with Crippen LogP contribution in [0.1, 0.15) is 21.5 Å². The number of aromatic nitrogens is 1. The maximum Gasteiger partial charge on any atom is 0.343 e. The van der Waals surface area contributed by atoms with E-state index in [2.05, 4.69) is 4.98 Å². The molecule has 0 radical (unpaired) electrons. The van der Waals surface area contributed by atoms with E-state index < -0.39 is 11.4 Å². The molecule has 4 aromatic rings. The first kappa shape index (κ1) is 18.9. The second-order valence-electron chi connectivity index (χ2n) is 6.65. The van der Waals surface area contributed by atoms with Crippen LogP contribution >= 0.6 is 11.6 Å². The van der Waals surface area contributed by atoms with Crippen LogP contribution in [0.3, 0.4) is 0 Å². The summed E-state index contributed by atoms with van der Waals surface area (Å²) in [5, 5.41) is 0.719. The Hall–Kier alpha value is -3.44. The summed E-state index contributed by atoms with van der Waals surface area (Å²) in [6.07, 6.45) is 2.95. The second kappa shape index (κ2) is 7.53. The number of fused-ring (bicyclic) bond motifs is 1. The van der Waals surface area contributed by atoms with Gasteiger partial charge in [-0.15, -0.1) is 0 Å². The molecule has 6 heteroatoms. The van der Waals surface area contributed by atoms with E-state index in [1.807, 2.05) is 19.9 Å². The minimum Gasteiger partial charge on any atom is -0.452 e. The average molecular weight is 406 g/mol. The molecule has 0 atom stereocenters. The summed E-state index contributed by atoms with van der Waals surface area (Å²) in [6, 6.07) is 13.6. The zero-order chi connectivity index (χ0) is 20.5. The summed E-state index contributed by atoms with van der Waals surface area (Å²) in [5.74, 6) is -0.767. The lowest BCUT2D eigenvalue weighted by atomic mass is 10.1. The van der Waals surface area contributed by atoms with Gasteiger partial charge in [0, 0.05) is 18.0 Å². The fraction of sp³-hybridized carbons (Fsp3) is 0.0870. The van der Waals surface area contributed by atoms with Crippen molar-refractivity contribution in [1.29, 1.82) is 0 Å². The summed E-state index contributed by atoms with van der Waals surface area (Å²) in [6.45, 7) is 3.74. The van der Waals surface area contributed by atoms with Crippen molar-refractivity contribution in [3.05, 3.63) is 92.9 Å². The summed E-state index contributed by atoms with van der Waals surface area (Å²) >= 11 is 6.34. The highest BCUT2D eigenvalue weighted by molar-refractivity contribution is 6.33. The molecule has 0 saturated heterocycles. The molecule has 0 unspecified atom stereocenters. The highest BCUT2D eigenvalue weighted by atomic mass is 35.5. The van der Waals surface area contributed by atoms with Crippen LogP contribution in [0.4, 0.5) is 0 Å². The van der Waals surface area contributed by atoms with E-state index in [1.165, 1.54) is 24.5 Å². The molecule has 0 aliphatic heterocycles. The van der Waals surface area contributed by atoms with Gasteiger partial charge in [0.15, 0.2) is 5.76 Å². The first-order chi connectivity index (χ1) is 14.0. The Morgan fingerprint density at radius 2 is 1.79 bits per heavy atom. The van der Waals surface area contributed by atoms with Crippen molar-refractivity contribution in [3.8, 4) is 17.1 Å². The van der Waals surface area contributed by atoms with E-state index in [0.29, 0.717) is 21.6 Å². The predicted octanol–water partition coefficient (Wildman–Crippen LogP) is 5.34.